The molecule has 1 saturated heterocycles. The van der Waals surface area contributed by atoms with Crippen molar-refractivity contribution in [2.24, 2.45) is 0 Å². The zero-order valence-electron chi connectivity index (χ0n) is 12.0. The Morgan fingerprint density at radius 2 is 2.00 bits per heavy atom. The smallest absolute Gasteiger partial charge is 0.435 e. The highest BCUT2D eigenvalue weighted by molar-refractivity contribution is 7.51. The minimum absolute atomic E-state index is 0.237. The highest BCUT2D eigenvalue weighted by atomic mass is 31.2. The van der Waals surface area contributed by atoms with Crippen molar-refractivity contribution in [1.82, 2.24) is 9.99 Å². The SMILES string of the molecule is CC(C)(C)OC(=O)N[C@H]1CN(P(=O)(O)OCC(F)(F)F)C1=O. The summed E-state index contributed by atoms with van der Waals surface area (Å²) >= 11 is 0. The number of β-lactam (4-membered cyclic amide) rings is 1. The second-order valence-corrected chi connectivity index (χ2v) is 7.22. The number of halogens is 3. The first-order valence-corrected chi connectivity index (χ1v) is 7.60. The van der Waals surface area contributed by atoms with Crippen LogP contribution in [0, 0.1) is 0 Å². The fraction of sp³-hybridized carbons (Fsp3) is 0.800. The predicted octanol–water partition coefficient (Wildman–Crippen LogP) is 1.40. The Kier molecular flexibility index (Phi) is 5.15. The zero-order valence-corrected chi connectivity index (χ0v) is 12.9. The van der Waals surface area contributed by atoms with Gasteiger partial charge in [-0.15, -0.1) is 0 Å². The third kappa shape index (κ3) is 5.47. The third-order valence-corrected chi connectivity index (χ3v) is 3.74. The van der Waals surface area contributed by atoms with Gasteiger partial charge >= 0.3 is 20.0 Å². The predicted molar refractivity (Wildman–Crippen MR) is 66.7 cm³/mol. The summed E-state index contributed by atoms with van der Waals surface area (Å²) in [5, 5.41) is 2.13. The fourth-order valence-corrected chi connectivity index (χ4v) is 2.63. The van der Waals surface area contributed by atoms with Crippen molar-refractivity contribution >= 4 is 19.7 Å². The number of carbonyl (C=O) groups excluding carboxylic acids is 2. The highest BCUT2D eigenvalue weighted by Crippen LogP contribution is 2.50. The van der Waals surface area contributed by atoms with Gasteiger partial charge in [0.2, 0.25) is 0 Å². The van der Waals surface area contributed by atoms with Crippen molar-refractivity contribution in [2.75, 3.05) is 13.2 Å². The molecule has 0 aromatic carbocycles. The molecular weight excluding hydrogens is 332 g/mol. The van der Waals surface area contributed by atoms with E-state index in [1.54, 1.807) is 20.8 Å². The summed E-state index contributed by atoms with van der Waals surface area (Å²) in [7, 11) is -4.90. The Morgan fingerprint density at radius 3 is 2.41 bits per heavy atom. The van der Waals surface area contributed by atoms with E-state index in [2.05, 4.69) is 9.84 Å². The van der Waals surface area contributed by atoms with Gasteiger partial charge in [-0.2, -0.15) is 13.2 Å². The van der Waals surface area contributed by atoms with Gasteiger partial charge < -0.3 is 14.9 Å². The van der Waals surface area contributed by atoms with Crippen LogP contribution in [0.5, 0.6) is 0 Å². The molecule has 0 saturated carbocycles. The zero-order chi connectivity index (χ0) is 17.3. The maximum Gasteiger partial charge on any atom is 0.435 e. The van der Waals surface area contributed by atoms with E-state index in [0.29, 0.717) is 0 Å². The number of nitrogens with zero attached hydrogens (tertiary/aromatic N) is 1. The van der Waals surface area contributed by atoms with Gasteiger partial charge in [0, 0.05) is 0 Å². The Balaban J connectivity index is 2.51. The van der Waals surface area contributed by atoms with Crippen LogP contribution in [-0.4, -0.2) is 52.5 Å². The monoisotopic (exact) mass is 348 g/mol. The van der Waals surface area contributed by atoms with Crippen molar-refractivity contribution in [2.45, 2.75) is 38.6 Å². The molecule has 1 rings (SSSR count). The Morgan fingerprint density at radius 1 is 1.45 bits per heavy atom. The Labute approximate surface area is 124 Å². The highest BCUT2D eigenvalue weighted by Gasteiger charge is 2.49. The molecule has 0 bridgehead atoms. The number of rotatable bonds is 4. The van der Waals surface area contributed by atoms with E-state index in [0.717, 1.165) is 0 Å². The molecule has 0 spiro atoms. The van der Waals surface area contributed by atoms with E-state index < -0.39 is 50.7 Å². The van der Waals surface area contributed by atoms with E-state index >= 15 is 0 Å². The first-order valence-electron chi connectivity index (χ1n) is 6.07. The third-order valence-electron chi connectivity index (χ3n) is 2.30. The van der Waals surface area contributed by atoms with E-state index in [4.69, 9.17) is 4.74 Å². The molecule has 2 atom stereocenters. The first-order chi connectivity index (χ1) is 9.71. The number of carbonyl (C=O) groups is 2. The maximum atomic E-state index is 11.9. The topological polar surface area (TPSA) is 105 Å². The number of alkyl halides is 3. The standard InChI is InChI=1S/C10H16F3N2O6P/c1-9(2,3)21-8(17)14-6-4-15(7(6)16)22(18,19)20-5-10(11,12)13/h6H,4-5H2,1-3H3,(H,14,17)(H,18,19)/t6-/m0/s1. The van der Waals surface area contributed by atoms with Gasteiger partial charge in [-0.3, -0.25) is 9.32 Å². The summed E-state index contributed by atoms with van der Waals surface area (Å²) in [5.41, 5.74) is -0.807. The van der Waals surface area contributed by atoms with Gasteiger partial charge in [0.05, 0.1) is 6.54 Å². The second kappa shape index (κ2) is 6.05. The van der Waals surface area contributed by atoms with Crippen LogP contribution < -0.4 is 5.32 Å². The number of nitrogens with one attached hydrogen (secondary N) is 1. The van der Waals surface area contributed by atoms with Crippen LogP contribution in [0.1, 0.15) is 20.8 Å². The summed E-state index contributed by atoms with van der Waals surface area (Å²) in [4.78, 5) is 32.3. The molecule has 12 heteroatoms. The van der Waals surface area contributed by atoms with Crippen molar-refractivity contribution in [3.05, 3.63) is 0 Å². The normalized spacial score (nSPS) is 21.9. The van der Waals surface area contributed by atoms with E-state index in [9.17, 15) is 32.2 Å². The molecule has 0 aliphatic carbocycles. The molecule has 1 heterocycles. The van der Waals surface area contributed by atoms with Gasteiger partial charge in [-0.05, 0) is 20.8 Å². The number of ether oxygens (including phenoxy) is 1. The molecule has 0 radical (unpaired) electrons. The van der Waals surface area contributed by atoms with Crippen LogP contribution in [0.25, 0.3) is 0 Å². The Hall–Kier alpha value is -1.32. The molecule has 1 aliphatic heterocycles. The maximum absolute atomic E-state index is 11.9. The number of amides is 2. The lowest BCUT2D eigenvalue weighted by atomic mass is 10.1. The molecule has 0 aromatic rings. The summed E-state index contributed by atoms with van der Waals surface area (Å²) in [6, 6.07) is -1.15. The summed E-state index contributed by atoms with van der Waals surface area (Å²) in [5.74, 6) is -1.03. The average Bonchev–Trinajstić information content (AvgIpc) is 2.28. The lowest BCUT2D eigenvalue weighted by Crippen LogP contribution is -2.62. The molecule has 0 aromatic heterocycles. The van der Waals surface area contributed by atoms with Crippen molar-refractivity contribution < 1.29 is 41.5 Å². The van der Waals surface area contributed by atoms with E-state index in [-0.39, 0.29) is 4.67 Å². The Bertz CT molecular complexity index is 504. The van der Waals surface area contributed by atoms with Gasteiger partial charge in [0.15, 0.2) is 6.61 Å². The second-order valence-electron chi connectivity index (χ2n) is 5.50. The lowest BCUT2D eigenvalue weighted by Gasteiger charge is -2.39. The van der Waals surface area contributed by atoms with Gasteiger partial charge in [0.25, 0.3) is 5.91 Å². The minimum atomic E-state index is -4.90. The van der Waals surface area contributed by atoms with Crippen LogP contribution in [-0.2, 0) is 18.6 Å². The molecule has 128 valence electrons. The van der Waals surface area contributed by atoms with Crippen LogP contribution in [0.4, 0.5) is 18.0 Å². The molecule has 8 nitrogen and oxygen atoms in total. The van der Waals surface area contributed by atoms with Gasteiger partial charge in [-0.25, -0.2) is 14.0 Å². The van der Waals surface area contributed by atoms with Crippen molar-refractivity contribution in [3.63, 3.8) is 0 Å². The minimum Gasteiger partial charge on any atom is -0.444 e. The van der Waals surface area contributed by atoms with Crippen molar-refractivity contribution in [1.29, 1.82) is 0 Å². The van der Waals surface area contributed by atoms with Crippen LogP contribution in [0.15, 0.2) is 0 Å². The van der Waals surface area contributed by atoms with Crippen LogP contribution >= 0.6 is 7.75 Å². The lowest BCUT2D eigenvalue weighted by molar-refractivity contribution is -0.159. The van der Waals surface area contributed by atoms with Gasteiger partial charge in [-0.1, -0.05) is 0 Å². The van der Waals surface area contributed by atoms with Crippen molar-refractivity contribution in [3.8, 4) is 0 Å². The average molecular weight is 348 g/mol. The van der Waals surface area contributed by atoms with Crippen LogP contribution in [0.3, 0.4) is 0 Å². The molecule has 22 heavy (non-hydrogen) atoms. The quantitative estimate of drug-likeness (QED) is 0.588. The molecule has 2 N–H and O–H groups in total. The fourth-order valence-electron chi connectivity index (χ4n) is 1.42. The molecule has 1 unspecified atom stereocenters. The van der Waals surface area contributed by atoms with Crippen LogP contribution in [0.2, 0.25) is 0 Å². The number of hydrogen-bond acceptors (Lipinski definition) is 5. The molecule has 2 amide bonds. The van der Waals surface area contributed by atoms with E-state index in [1.807, 2.05) is 0 Å². The van der Waals surface area contributed by atoms with E-state index in [1.165, 1.54) is 0 Å². The van der Waals surface area contributed by atoms with Gasteiger partial charge in [0.1, 0.15) is 11.6 Å². The summed E-state index contributed by atoms with van der Waals surface area (Å²) < 4.78 is 56.3. The molecular formula is C10H16F3N2O6P. The first kappa shape index (κ1) is 18.7. The number of alkyl carbamates (subject to hydrolysis) is 1. The molecule has 1 aliphatic rings. The molecule has 1 fully saturated rings. The summed E-state index contributed by atoms with van der Waals surface area (Å²) in [6.45, 7) is 2.36. The number of hydrogen-bond donors (Lipinski definition) is 2. The summed E-state index contributed by atoms with van der Waals surface area (Å²) in [6.07, 6.45) is -5.73. The largest absolute Gasteiger partial charge is 0.444 e.